The van der Waals surface area contributed by atoms with Crippen LogP contribution in [-0.4, -0.2) is 113 Å². The summed E-state index contributed by atoms with van der Waals surface area (Å²) in [7, 11) is 10.3. The van der Waals surface area contributed by atoms with Crippen molar-refractivity contribution in [3.8, 4) is 0 Å². The molecule has 0 aliphatic rings. The van der Waals surface area contributed by atoms with E-state index in [9.17, 15) is 68.7 Å². The van der Waals surface area contributed by atoms with Crippen LogP contribution in [0.25, 0.3) is 6.08 Å². The van der Waals surface area contributed by atoms with Gasteiger partial charge in [0.15, 0.2) is 12.6 Å². The molecule has 5 atom stereocenters. The number of aldehydes is 2. The Morgan fingerprint density at radius 3 is 1.03 bits per heavy atom. The number of alkyl halides is 8. The quantitative estimate of drug-likeness (QED) is 0.0105. The zero-order chi connectivity index (χ0) is 80.1. The molecule has 0 saturated heterocycles. The van der Waals surface area contributed by atoms with Crippen molar-refractivity contribution in [3.63, 3.8) is 0 Å². The molecule has 0 amide bonds. The molecule has 0 aliphatic heterocycles. The number of rotatable bonds is 20. The van der Waals surface area contributed by atoms with Gasteiger partial charge in [-0.1, -0.05) is 219 Å². The third kappa shape index (κ3) is 60.5. The fourth-order valence-electron chi connectivity index (χ4n) is 7.45. The van der Waals surface area contributed by atoms with Gasteiger partial charge in [0.2, 0.25) is 12.9 Å². The Bertz CT molecular complexity index is 3750. The van der Waals surface area contributed by atoms with Crippen molar-refractivity contribution in [3.05, 3.63) is 274 Å². The van der Waals surface area contributed by atoms with E-state index in [1.54, 1.807) is 87.5 Å². The molecule has 0 aromatic heterocycles. The van der Waals surface area contributed by atoms with Gasteiger partial charge in [-0.05, 0) is 108 Å². The van der Waals surface area contributed by atoms with E-state index in [1.165, 1.54) is 74.9 Å². The predicted octanol–water partition coefficient (Wildman–Crippen LogP) is 3.63. The number of benzene rings is 8. The van der Waals surface area contributed by atoms with Crippen molar-refractivity contribution < 1.29 is 276 Å². The standard InChI is InChI=1S/C18H15P.C11H12F2O2.C11H10F2O2.C10H10O3.C9H8F2O2.C8H6O3.C2HClF2O2.C2H5I.CH2O3.2K.Li.Na.H2O.H5P3.H4P2.H3P.H/c1-4-10-16(11-5-1)19(17-12-6-2-7-13-17)18-14-8-3-9-15-18;2*1-2-15-11(14)9-6-4-3-5-8(9)7-10(12)13;1-2-13-10(12)9-6-4-3-5-8(9)7-11;10-8(11)5-6-3-1-2-4-7(6)9(12)13;9-5-6-3-1-2-4-7(6)8(10)11;3-2(4,5)1(6)7;1-2-3;2-1-4-3;;;;;;1-3-2;1-2;;/h1-15H;3-6,10H,2,7H2,1H3;3-7H,2H2,1H3;3-7H,2H2,1H3;1-4,8H,5H2,(H,12,13);1-5H,(H,10,11);(H,6,7);2H2,1H3;1,3H;;;;;1H2;3H,1-2H2;1-2H2;1H3;/q;;;;;;;;;4*+1;;;;;-1/p-3. The van der Waals surface area contributed by atoms with Gasteiger partial charge in [-0.15, -0.1) is 35.7 Å². The van der Waals surface area contributed by atoms with Crippen molar-refractivity contribution in [1.82, 2.24) is 0 Å². The van der Waals surface area contributed by atoms with E-state index in [2.05, 4.69) is 173 Å². The Hall–Kier alpha value is -2.61. The first-order chi connectivity index (χ1) is 50.1. The van der Waals surface area contributed by atoms with Gasteiger partial charge in [-0.2, -0.15) is 27.5 Å². The second kappa shape index (κ2) is 81.1. The summed E-state index contributed by atoms with van der Waals surface area (Å²) in [6.07, 6.45) is -5.92. The number of carboxylic acids is 3. The Labute approximate surface area is 795 Å². The van der Waals surface area contributed by atoms with Crippen LogP contribution in [0, 0.1) is 0 Å². The molecule has 18 nitrogen and oxygen atoms in total. The minimum atomic E-state index is -4.22. The molecule has 5 unspecified atom stereocenters. The van der Waals surface area contributed by atoms with Gasteiger partial charge in [-0.25, -0.2) is 41.5 Å². The smallest absolute Gasteiger partial charge is 1.00 e. The van der Waals surface area contributed by atoms with Crippen LogP contribution in [0.5, 0.6) is 0 Å². The summed E-state index contributed by atoms with van der Waals surface area (Å²) in [5.41, 5.74) is 1.91. The molecule has 0 heterocycles. The Morgan fingerprint density at radius 1 is 0.532 bits per heavy atom. The van der Waals surface area contributed by atoms with Gasteiger partial charge in [0, 0.05) is 30.0 Å². The number of halogens is 10. The number of hydrogen-bond donors (Lipinski definition) is 2. The van der Waals surface area contributed by atoms with Crippen LogP contribution in [0.15, 0.2) is 218 Å². The van der Waals surface area contributed by atoms with Crippen molar-refractivity contribution >= 4 is 173 Å². The summed E-state index contributed by atoms with van der Waals surface area (Å²) in [5, 5.41) is 34.6. The van der Waals surface area contributed by atoms with Crippen LogP contribution < -0.4 is 177 Å². The van der Waals surface area contributed by atoms with Crippen LogP contribution in [0.3, 0.4) is 0 Å². The van der Waals surface area contributed by atoms with Crippen molar-refractivity contribution in [2.45, 2.75) is 58.8 Å². The molecular weight excluding hydrogens is 1790 g/mol. The average molecular weight is 1870 g/mol. The van der Waals surface area contributed by atoms with Crippen LogP contribution >= 0.6 is 95.7 Å². The van der Waals surface area contributed by atoms with Gasteiger partial charge in [0.1, 0.15) is 5.97 Å². The number of aromatic carboxylic acids is 2. The summed E-state index contributed by atoms with van der Waals surface area (Å²) < 4.78 is 110. The maximum atomic E-state index is 12.2. The zero-order valence-electron chi connectivity index (χ0n) is 62.6. The molecule has 39 heteroatoms. The van der Waals surface area contributed by atoms with Crippen molar-refractivity contribution in [2.75, 3.05) is 24.2 Å². The number of esters is 3. The zero-order valence-corrected chi connectivity index (χ0v) is 80.7. The van der Waals surface area contributed by atoms with Crippen molar-refractivity contribution in [1.29, 1.82) is 0 Å². The maximum Gasteiger partial charge on any atom is 1.00 e. The number of aliphatic carboxylic acids is 1. The minimum absolute atomic E-state index is 0. The molecule has 8 aromatic rings. The first-order valence-electron chi connectivity index (χ1n) is 30.0. The van der Waals surface area contributed by atoms with E-state index >= 15 is 0 Å². The number of ether oxygens (including phenoxy) is 3. The fourth-order valence-corrected chi connectivity index (χ4v) is 9.75. The number of carboxylic acid groups (broad SMARTS) is 3. The fraction of sp³-hybridized carbons (Fsp3) is 0.181. The summed E-state index contributed by atoms with van der Waals surface area (Å²) in [4.78, 5) is 96.0. The molecule has 0 aliphatic carbocycles. The average Bonchev–Trinajstić information content (AvgIpc) is 0.810. The van der Waals surface area contributed by atoms with Crippen LogP contribution in [-0.2, 0) is 41.5 Å². The number of hydrogen-bond acceptors (Lipinski definition) is 16. The van der Waals surface area contributed by atoms with Crippen LogP contribution in [0.1, 0.15) is 118 Å². The molecule has 0 fully saturated rings. The van der Waals surface area contributed by atoms with E-state index in [4.69, 9.17) is 44.4 Å². The molecule has 0 spiro atoms. The third-order valence-electron chi connectivity index (χ3n) is 11.4. The normalized spacial score (nSPS) is 8.99. The summed E-state index contributed by atoms with van der Waals surface area (Å²) >= 11 is 6.16. The molecule has 3 N–H and O–H groups in total. The first-order valence-corrected chi connectivity index (χ1v) is 40.5. The van der Waals surface area contributed by atoms with E-state index in [0.717, 1.165) is 7.96 Å². The van der Waals surface area contributed by atoms with Crippen LogP contribution in [0.4, 0.5) is 35.1 Å². The summed E-state index contributed by atoms with van der Waals surface area (Å²) in [6, 6.07) is 63.0. The maximum absolute atomic E-state index is 12.2. The van der Waals surface area contributed by atoms with Gasteiger partial charge >= 0.3 is 186 Å². The largest absolute Gasteiger partial charge is 1.00 e. The summed E-state index contributed by atoms with van der Waals surface area (Å²) in [6.45, 7) is 7.75. The van der Waals surface area contributed by atoms with Crippen molar-refractivity contribution in [2.24, 2.45) is 0 Å². The number of carbonyl (C=O) groups is 9. The predicted molar refractivity (Wildman–Crippen MR) is 428 cm³/mol. The Morgan fingerprint density at radius 2 is 0.766 bits per heavy atom. The summed E-state index contributed by atoms with van der Waals surface area (Å²) in [5.74, 6) is -6.41. The monoisotopic (exact) mass is 1870 g/mol. The Balaban J connectivity index is -0.000000132. The van der Waals surface area contributed by atoms with Gasteiger partial charge in [0.25, 0.3) is 12.6 Å². The molecule has 0 radical (unpaired) electrons. The molecule has 8 aromatic carbocycles. The second-order valence-corrected chi connectivity index (χ2v) is 27.0. The van der Waals surface area contributed by atoms with Crippen LogP contribution in [0.2, 0.25) is 0 Å². The minimum Gasteiger partial charge on any atom is -1.00 e. The molecule has 586 valence electrons. The van der Waals surface area contributed by atoms with E-state index in [-0.39, 0.29) is 227 Å². The SMILES string of the molecule is CCI.CCOC(=O)c1ccccc1C=C(F)F.CCOC(=O)c1ccccc1C=O.CCOC(=O)c1ccccc1CC(F)F.O=C(O)c1ccccc1CC(F)F.O=C([O-])C(F)(F)Cl.O=CO[O-].O=Cc1ccccc1C(=O)O.P.PP.PPP.[H-].[K+].[K+].[Li+].[Na+].[OH-].c1ccc(P(c2ccccc2)c2ccccc2)cc1. The van der Waals surface area contributed by atoms with E-state index in [1.807, 2.05) is 0 Å². The van der Waals surface area contributed by atoms with Gasteiger partial charge < -0.3 is 51.4 Å². The molecule has 8 rings (SSSR count). The molecule has 0 saturated carbocycles. The van der Waals surface area contributed by atoms with E-state index < -0.39 is 80.9 Å². The number of carbonyl (C=O) groups excluding carboxylic acids is 7. The molecular formula is C72H81ClF8IK2LiNaO18P7. The van der Waals surface area contributed by atoms with Gasteiger partial charge in [0.05, 0.1) is 47.6 Å². The molecule has 111 heavy (non-hydrogen) atoms. The van der Waals surface area contributed by atoms with Gasteiger partial charge in [-0.3, -0.25) is 14.4 Å². The Kier molecular flexibility index (Phi) is 92.5. The third-order valence-corrected chi connectivity index (χ3v) is 14.0. The second-order valence-electron chi connectivity index (χ2n) is 18.5. The topological polar surface area (TPSA) is 307 Å². The molecule has 0 bridgehead atoms. The van der Waals surface area contributed by atoms with E-state index in [0.29, 0.717) is 41.9 Å². The first kappa shape index (κ1) is 127.